The standard InChI is InChI=1S/C12H14BF4NO2/c1-10(2)11(3,4)20-13(19-10)7-5-6-8(12(15,16)17)18-9(7)14/h5-6H,1-4H3. The van der Waals surface area contributed by atoms with Gasteiger partial charge in [-0.3, -0.25) is 0 Å². The van der Waals surface area contributed by atoms with Gasteiger partial charge in [0.05, 0.1) is 11.2 Å². The van der Waals surface area contributed by atoms with Gasteiger partial charge in [0.15, 0.2) is 0 Å². The lowest BCUT2D eigenvalue weighted by atomic mass is 9.80. The molecule has 1 saturated heterocycles. The second-order valence-electron chi connectivity index (χ2n) is 5.66. The van der Waals surface area contributed by atoms with Crippen LogP contribution in [0.5, 0.6) is 0 Å². The second-order valence-corrected chi connectivity index (χ2v) is 5.66. The van der Waals surface area contributed by atoms with Crippen LogP contribution in [0.3, 0.4) is 0 Å². The molecule has 0 spiro atoms. The van der Waals surface area contributed by atoms with Crippen LogP contribution in [0.4, 0.5) is 17.6 Å². The molecule has 0 aromatic carbocycles. The van der Waals surface area contributed by atoms with E-state index in [0.29, 0.717) is 6.07 Å². The molecule has 0 atom stereocenters. The quantitative estimate of drug-likeness (QED) is 0.452. The monoisotopic (exact) mass is 291 g/mol. The summed E-state index contributed by atoms with van der Waals surface area (Å²) in [7, 11) is -1.07. The molecule has 0 saturated carbocycles. The topological polar surface area (TPSA) is 31.4 Å². The SMILES string of the molecule is CC1(C)OB(c2ccc(C(F)(F)F)nc2F)OC1(C)C. The fraction of sp³-hybridized carbons (Fsp3) is 0.583. The van der Waals surface area contributed by atoms with E-state index in [4.69, 9.17) is 9.31 Å². The summed E-state index contributed by atoms with van der Waals surface area (Å²) in [4.78, 5) is 2.93. The summed E-state index contributed by atoms with van der Waals surface area (Å²) < 4.78 is 62.2. The van der Waals surface area contributed by atoms with E-state index < -0.39 is 36.1 Å². The molecule has 8 heteroatoms. The van der Waals surface area contributed by atoms with E-state index in [2.05, 4.69) is 4.98 Å². The van der Waals surface area contributed by atoms with Crippen LogP contribution in [0, 0.1) is 5.95 Å². The summed E-state index contributed by atoms with van der Waals surface area (Å²) in [5, 5.41) is 0. The van der Waals surface area contributed by atoms with Crippen molar-refractivity contribution in [1.82, 2.24) is 4.98 Å². The van der Waals surface area contributed by atoms with Gasteiger partial charge in [0.1, 0.15) is 5.69 Å². The maximum Gasteiger partial charge on any atom is 0.499 e. The Bertz CT molecular complexity index is 515. The van der Waals surface area contributed by atoms with Gasteiger partial charge in [0, 0.05) is 5.46 Å². The van der Waals surface area contributed by atoms with E-state index in [-0.39, 0.29) is 5.46 Å². The fourth-order valence-electron chi connectivity index (χ4n) is 1.75. The number of aromatic nitrogens is 1. The van der Waals surface area contributed by atoms with Crippen LogP contribution in [0.15, 0.2) is 12.1 Å². The first-order chi connectivity index (χ1) is 8.94. The molecule has 1 fully saturated rings. The Balaban J connectivity index is 2.33. The van der Waals surface area contributed by atoms with Crippen LogP contribution in [-0.2, 0) is 15.5 Å². The molecule has 1 aliphatic rings. The molecule has 0 amide bonds. The van der Waals surface area contributed by atoms with Crippen LogP contribution < -0.4 is 5.46 Å². The third-order valence-corrected chi connectivity index (χ3v) is 3.68. The van der Waals surface area contributed by atoms with E-state index in [1.54, 1.807) is 27.7 Å². The first-order valence-corrected chi connectivity index (χ1v) is 6.03. The summed E-state index contributed by atoms with van der Waals surface area (Å²) >= 11 is 0. The van der Waals surface area contributed by atoms with Gasteiger partial charge in [-0.1, -0.05) is 6.07 Å². The summed E-state index contributed by atoms with van der Waals surface area (Å²) in [5.74, 6) is -1.24. The molecule has 3 nitrogen and oxygen atoms in total. The number of nitrogens with zero attached hydrogens (tertiary/aromatic N) is 1. The molecule has 0 unspecified atom stereocenters. The highest BCUT2D eigenvalue weighted by atomic mass is 19.4. The van der Waals surface area contributed by atoms with Gasteiger partial charge >= 0.3 is 13.3 Å². The Morgan fingerprint density at radius 1 is 1.05 bits per heavy atom. The number of halogens is 4. The Labute approximate surface area is 114 Å². The van der Waals surface area contributed by atoms with Crippen molar-refractivity contribution in [2.45, 2.75) is 45.1 Å². The van der Waals surface area contributed by atoms with Gasteiger partial charge in [0.25, 0.3) is 0 Å². The molecule has 2 rings (SSSR count). The number of pyridine rings is 1. The van der Waals surface area contributed by atoms with Crippen LogP contribution in [0.2, 0.25) is 0 Å². The first kappa shape index (κ1) is 15.2. The zero-order valence-corrected chi connectivity index (χ0v) is 11.5. The normalized spacial score (nSPS) is 21.3. The molecule has 1 aromatic heterocycles. The summed E-state index contributed by atoms with van der Waals surface area (Å²) in [6, 6.07) is 1.71. The van der Waals surface area contributed by atoms with Gasteiger partial charge in [-0.25, -0.2) is 4.98 Å². The smallest absolute Gasteiger partial charge is 0.399 e. The van der Waals surface area contributed by atoms with E-state index in [1.165, 1.54) is 0 Å². The Kier molecular flexibility index (Phi) is 3.37. The molecule has 0 radical (unpaired) electrons. The molecule has 1 aliphatic heterocycles. The van der Waals surface area contributed by atoms with Crippen LogP contribution in [-0.4, -0.2) is 23.3 Å². The molecule has 1 aromatic rings. The Morgan fingerprint density at radius 3 is 1.95 bits per heavy atom. The predicted molar refractivity (Wildman–Crippen MR) is 64.9 cm³/mol. The maximum absolute atomic E-state index is 13.8. The van der Waals surface area contributed by atoms with Gasteiger partial charge in [-0.05, 0) is 33.8 Å². The fourth-order valence-corrected chi connectivity index (χ4v) is 1.75. The zero-order chi connectivity index (χ0) is 15.3. The highest BCUT2D eigenvalue weighted by Crippen LogP contribution is 2.36. The van der Waals surface area contributed by atoms with E-state index >= 15 is 0 Å². The molecule has 2 heterocycles. The highest BCUT2D eigenvalue weighted by Gasteiger charge is 2.52. The summed E-state index contributed by atoms with van der Waals surface area (Å²) in [6.45, 7) is 7.07. The van der Waals surface area contributed by atoms with Crippen molar-refractivity contribution in [1.29, 1.82) is 0 Å². The van der Waals surface area contributed by atoms with Crippen molar-refractivity contribution in [2.75, 3.05) is 0 Å². The van der Waals surface area contributed by atoms with Crippen molar-refractivity contribution in [3.8, 4) is 0 Å². The largest absolute Gasteiger partial charge is 0.499 e. The number of hydrogen-bond acceptors (Lipinski definition) is 3. The minimum Gasteiger partial charge on any atom is -0.399 e. The van der Waals surface area contributed by atoms with Gasteiger partial charge in [0.2, 0.25) is 5.95 Å². The van der Waals surface area contributed by atoms with E-state index in [9.17, 15) is 17.6 Å². The molecular weight excluding hydrogens is 277 g/mol. The summed E-state index contributed by atoms with van der Waals surface area (Å²) in [5.41, 5.74) is -2.83. The lowest BCUT2D eigenvalue weighted by molar-refractivity contribution is -0.141. The highest BCUT2D eigenvalue weighted by molar-refractivity contribution is 6.62. The third-order valence-electron chi connectivity index (χ3n) is 3.68. The van der Waals surface area contributed by atoms with Gasteiger partial charge in [-0.15, -0.1) is 0 Å². The Hall–Kier alpha value is -1.15. The van der Waals surface area contributed by atoms with Crippen LogP contribution in [0.25, 0.3) is 0 Å². The van der Waals surface area contributed by atoms with Crippen LogP contribution >= 0.6 is 0 Å². The third kappa shape index (κ3) is 2.54. The molecule has 110 valence electrons. The molecule has 0 aliphatic carbocycles. The van der Waals surface area contributed by atoms with Gasteiger partial charge < -0.3 is 9.31 Å². The van der Waals surface area contributed by atoms with E-state index in [0.717, 1.165) is 6.07 Å². The lowest BCUT2D eigenvalue weighted by Gasteiger charge is -2.32. The first-order valence-electron chi connectivity index (χ1n) is 6.03. The van der Waals surface area contributed by atoms with Crippen molar-refractivity contribution < 1.29 is 26.9 Å². The summed E-state index contributed by atoms with van der Waals surface area (Å²) in [6.07, 6.45) is -4.69. The average molecular weight is 291 g/mol. The molecular formula is C12H14BF4NO2. The molecule has 0 N–H and O–H groups in total. The van der Waals surface area contributed by atoms with Crippen LogP contribution in [0.1, 0.15) is 33.4 Å². The van der Waals surface area contributed by atoms with Crippen molar-refractivity contribution in [3.05, 3.63) is 23.8 Å². The van der Waals surface area contributed by atoms with Gasteiger partial charge in [-0.2, -0.15) is 17.6 Å². The number of hydrogen-bond donors (Lipinski definition) is 0. The Morgan fingerprint density at radius 2 is 1.55 bits per heavy atom. The lowest BCUT2D eigenvalue weighted by Crippen LogP contribution is -2.41. The minimum absolute atomic E-state index is 0.142. The molecule has 0 bridgehead atoms. The predicted octanol–water partition coefficient (Wildman–Crippen LogP) is 2.54. The van der Waals surface area contributed by atoms with Crippen molar-refractivity contribution >= 4 is 12.6 Å². The minimum atomic E-state index is -4.69. The maximum atomic E-state index is 13.8. The number of alkyl halides is 3. The van der Waals surface area contributed by atoms with Crippen molar-refractivity contribution in [3.63, 3.8) is 0 Å². The zero-order valence-electron chi connectivity index (χ0n) is 11.5. The van der Waals surface area contributed by atoms with Crippen molar-refractivity contribution in [2.24, 2.45) is 0 Å². The number of rotatable bonds is 1. The van der Waals surface area contributed by atoms with E-state index in [1.807, 2.05) is 0 Å². The average Bonchev–Trinajstić information content (AvgIpc) is 2.46. The second kappa shape index (κ2) is 4.43. The molecule has 20 heavy (non-hydrogen) atoms.